The third-order valence-electron chi connectivity index (χ3n) is 5.00. The maximum atomic E-state index is 13.1. The predicted octanol–water partition coefficient (Wildman–Crippen LogP) is 5.56. The number of thiocarbonyl (C=S) groups is 1. The Morgan fingerprint density at radius 3 is 2.62 bits per heavy atom. The average Bonchev–Trinajstić information content (AvgIpc) is 3.08. The molecule has 5 nitrogen and oxygen atoms in total. The topological polar surface area (TPSA) is 58.6 Å². The van der Waals surface area contributed by atoms with Crippen molar-refractivity contribution < 1.29 is 14.3 Å². The molecule has 1 aliphatic rings. The largest absolute Gasteiger partial charge is 0.493 e. The highest BCUT2D eigenvalue weighted by Crippen LogP contribution is 2.36. The first-order chi connectivity index (χ1) is 15.6. The molecule has 3 aromatic carbocycles. The van der Waals surface area contributed by atoms with Gasteiger partial charge in [-0.2, -0.15) is 5.01 Å². The molecule has 0 aromatic heterocycles. The molecule has 32 heavy (non-hydrogen) atoms. The second-order valence-electron chi connectivity index (χ2n) is 7.22. The fourth-order valence-electron chi connectivity index (χ4n) is 3.33. The molecular weight excluding hydrogens is 440 g/mol. The van der Waals surface area contributed by atoms with E-state index in [4.69, 9.17) is 17.0 Å². The molecule has 162 valence electrons. The Hall–Kier alpha value is -3.16. The van der Waals surface area contributed by atoms with Crippen LogP contribution in [0.3, 0.4) is 0 Å². The van der Waals surface area contributed by atoms with Gasteiger partial charge in [0.15, 0.2) is 4.32 Å². The molecule has 1 fully saturated rings. The van der Waals surface area contributed by atoms with E-state index in [1.54, 1.807) is 30.3 Å². The van der Waals surface area contributed by atoms with E-state index >= 15 is 0 Å². The van der Waals surface area contributed by atoms with Crippen LogP contribution >= 0.6 is 24.0 Å². The highest BCUT2D eigenvalue weighted by Gasteiger charge is 2.34. The van der Waals surface area contributed by atoms with Crippen LogP contribution < -0.4 is 10.2 Å². The van der Waals surface area contributed by atoms with E-state index in [-0.39, 0.29) is 10.2 Å². The van der Waals surface area contributed by atoms with Crippen LogP contribution in [-0.2, 0) is 4.79 Å². The summed E-state index contributed by atoms with van der Waals surface area (Å²) in [6.07, 6.45) is 3.78. The first kappa shape index (κ1) is 22.0. The normalized spacial score (nSPS) is 14.9. The summed E-state index contributed by atoms with van der Waals surface area (Å²) in [4.78, 5) is 26.0. The molecule has 1 N–H and O–H groups in total. The highest BCUT2D eigenvalue weighted by molar-refractivity contribution is 8.26. The van der Waals surface area contributed by atoms with E-state index in [9.17, 15) is 9.59 Å². The molecule has 0 aliphatic carbocycles. The smallest absolute Gasteiger partial charge is 0.285 e. The molecule has 1 aliphatic heterocycles. The van der Waals surface area contributed by atoms with E-state index in [2.05, 4.69) is 12.3 Å². The standard InChI is InChI=1S/C25H22N2O3S2/c1-2-3-15-30-21-14-13-17-9-7-8-12-19(17)20(21)16-22-24(29)27(25(31)32-22)26-23(28)18-10-5-4-6-11-18/h4-14,16H,2-3,15H2,1H3,(H,26,28)/b22-16+. The van der Waals surface area contributed by atoms with Gasteiger partial charge in [-0.1, -0.05) is 73.6 Å². The number of rotatable bonds is 7. The van der Waals surface area contributed by atoms with Gasteiger partial charge in [-0.05, 0) is 53.7 Å². The van der Waals surface area contributed by atoms with Gasteiger partial charge in [0.2, 0.25) is 0 Å². The van der Waals surface area contributed by atoms with E-state index in [1.807, 2.05) is 42.5 Å². The van der Waals surface area contributed by atoms with Crippen molar-refractivity contribution in [2.24, 2.45) is 0 Å². The minimum atomic E-state index is -0.392. The fraction of sp³-hybridized carbons (Fsp3) is 0.160. The van der Waals surface area contributed by atoms with Crippen LogP contribution in [0.25, 0.3) is 16.8 Å². The Labute approximate surface area is 196 Å². The summed E-state index contributed by atoms with van der Waals surface area (Å²) in [5.41, 5.74) is 3.89. The van der Waals surface area contributed by atoms with Crippen LogP contribution in [0.5, 0.6) is 5.75 Å². The number of benzene rings is 3. The average molecular weight is 463 g/mol. The first-order valence-electron chi connectivity index (χ1n) is 10.4. The van der Waals surface area contributed by atoms with Crippen molar-refractivity contribution in [2.75, 3.05) is 6.61 Å². The SMILES string of the molecule is CCCCOc1ccc2ccccc2c1/C=C1/SC(=S)N(NC(=O)c2ccccc2)C1=O. The van der Waals surface area contributed by atoms with Gasteiger partial charge in [0.05, 0.1) is 11.5 Å². The van der Waals surface area contributed by atoms with Crippen LogP contribution in [0.2, 0.25) is 0 Å². The molecule has 0 unspecified atom stereocenters. The number of hydrogen-bond acceptors (Lipinski definition) is 5. The lowest BCUT2D eigenvalue weighted by Crippen LogP contribution is -2.44. The van der Waals surface area contributed by atoms with Crippen molar-refractivity contribution in [1.29, 1.82) is 0 Å². The lowest BCUT2D eigenvalue weighted by Gasteiger charge is -2.15. The van der Waals surface area contributed by atoms with Crippen molar-refractivity contribution in [3.63, 3.8) is 0 Å². The Kier molecular flexibility index (Phi) is 6.87. The number of unbranched alkanes of at least 4 members (excludes halogenated alkanes) is 1. The molecule has 0 saturated carbocycles. The molecule has 2 amide bonds. The second-order valence-corrected chi connectivity index (χ2v) is 8.90. The molecule has 4 rings (SSSR count). The van der Waals surface area contributed by atoms with Crippen LogP contribution in [0.15, 0.2) is 71.6 Å². The number of fused-ring (bicyclic) bond motifs is 1. The molecule has 1 heterocycles. The first-order valence-corrected chi connectivity index (χ1v) is 11.6. The molecule has 3 aromatic rings. The zero-order valence-electron chi connectivity index (χ0n) is 17.5. The van der Waals surface area contributed by atoms with Crippen LogP contribution in [0, 0.1) is 0 Å². The lowest BCUT2D eigenvalue weighted by molar-refractivity contribution is -0.123. The van der Waals surface area contributed by atoms with E-state index < -0.39 is 5.91 Å². The molecular formula is C25H22N2O3S2. The summed E-state index contributed by atoms with van der Waals surface area (Å²) in [7, 11) is 0. The van der Waals surface area contributed by atoms with Crippen molar-refractivity contribution in [1.82, 2.24) is 10.4 Å². The minimum absolute atomic E-state index is 0.277. The minimum Gasteiger partial charge on any atom is -0.493 e. The maximum absolute atomic E-state index is 13.1. The highest BCUT2D eigenvalue weighted by atomic mass is 32.2. The van der Waals surface area contributed by atoms with Crippen molar-refractivity contribution >= 4 is 57.0 Å². The predicted molar refractivity (Wildman–Crippen MR) is 133 cm³/mol. The Balaban J connectivity index is 1.65. The summed E-state index contributed by atoms with van der Waals surface area (Å²) in [5, 5.41) is 3.17. The van der Waals surface area contributed by atoms with Crippen molar-refractivity contribution in [3.05, 3.63) is 82.8 Å². The summed E-state index contributed by atoms with van der Waals surface area (Å²) in [6, 6.07) is 20.6. The second kappa shape index (κ2) is 9.97. The molecule has 0 atom stereocenters. The van der Waals surface area contributed by atoms with Gasteiger partial charge in [0.25, 0.3) is 11.8 Å². The molecule has 0 spiro atoms. The Morgan fingerprint density at radius 1 is 1.09 bits per heavy atom. The van der Waals surface area contributed by atoms with Crippen LogP contribution in [0.4, 0.5) is 0 Å². The summed E-state index contributed by atoms with van der Waals surface area (Å²) < 4.78 is 6.30. The number of hydrogen-bond donors (Lipinski definition) is 1. The monoisotopic (exact) mass is 462 g/mol. The number of ether oxygens (including phenoxy) is 1. The van der Waals surface area contributed by atoms with Gasteiger partial charge >= 0.3 is 0 Å². The fourth-order valence-corrected chi connectivity index (χ4v) is 4.49. The van der Waals surface area contributed by atoms with Crippen molar-refractivity contribution in [2.45, 2.75) is 19.8 Å². The Morgan fingerprint density at radius 2 is 1.84 bits per heavy atom. The number of thioether (sulfide) groups is 1. The van der Waals surface area contributed by atoms with Gasteiger partial charge in [0, 0.05) is 11.1 Å². The van der Waals surface area contributed by atoms with Gasteiger partial charge in [-0.15, -0.1) is 0 Å². The lowest BCUT2D eigenvalue weighted by atomic mass is 10.0. The zero-order valence-corrected chi connectivity index (χ0v) is 19.2. The number of nitrogens with one attached hydrogen (secondary N) is 1. The molecule has 0 bridgehead atoms. The van der Waals surface area contributed by atoms with Crippen molar-refractivity contribution in [3.8, 4) is 5.75 Å². The summed E-state index contributed by atoms with van der Waals surface area (Å²) in [6.45, 7) is 2.71. The quantitative estimate of drug-likeness (QED) is 0.283. The van der Waals surface area contributed by atoms with E-state index in [1.165, 1.54) is 0 Å². The number of nitrogens with zero attached hydrogens (tertiary/aromatic N) is 1. The van der Waals surface area contributed by atoms with E-state index in [0.717, 1.165) is 51.7 Å². The number of hydrazine groups is 1. The molecule has 0 radical (unpaired) electrons. The van der Waals surface area contributed by atoms with Gasteiger partial charge in [-0.25, -0.2) is 0 Å². The zero-order chi connectivity index (χ0) is 22.5. The van der Waals surface area contributed by atoms with Gasteiger partial charge < -0.3 is 4.74 Å². The van der Waals surface area contributed by atoms with Crippen LogP contribution in [-0.4, -0.2) is 27.8 Å². The number of carbonyl (C=O) groups excluding carboxylic acids is 2. The van der Waals surface area contributed by atoms with Crippen LogP contribution in [0.1, 0.15) is 35.7 Å². The number of carbonyl (C=O) groups is 2. The third kappa shape index (κ3) is 4.69. The summed E-state index contributed by atoms with van der Waals surface area (Å²) >= 11 is 6.53. The molecule has 7 heteroatoms. The molecule has 1 saturated heterocycles. The van der Waals surface area contributed by atoms with Gasteiger partial charge in [-0.3, -0.25) is 15.0 Å². The maximum Gasteiger partial charge on any atom is 0.285 e. The van der Waals surface area contributed by atoms with E-state index in [0.29, 0.717) is 17.1 Å². The number of amides is 2. The van der Waals surface area contributed by atoms with Gasteiger partial charge in [0.1, 0.15) is 5.75 Å². The third-order valence-corrected chi connectivity index (χ3v) is 6.31. The Bertz CT molecular complexity index is 1210. The summed E-state index contributed by atoms with van der Waals surface area (Å²) in [5.74, 6) is -0.0376.